The average Bonchev–Trinajstić information content (AvgIpc) is 3.03. The molecule has 28 heavy (non-hydrogen) atoms. The number of nitrogens with zero attached hydrogens (tertiary/aromatic N) is 1. The SMILES string of the molecule is CCOC(=O)C1=C(C)N=C2CC(C)(C)CC(=O)[C@H]2[C@H]1c1c[nH]c2ccccc12. The zero-order valence-electron chi connectivity index (χ0n) is 16.8. The highest BCUT2D eigenvalue weighted by molar-refractivity contribution is 6.12. The lowest BCUT2D eigenvalue weighted by Crippen LogP contribution is -2.44. The number of esters is 1. The Balaban J connectivity index is 1.93. The standard InChI is InChI=1S/C23H26N2O3/c1-5-28-22(27)19-13(2)25-17-10-23(3,4)11-18(26)21(17)20(19)15-12-24-16-9-7-6-8-14(15)16/h6-9,12,20-21,24H,5,10-11H2,1-4H3/t20-,21-/m0/s1. The Hall–Kier alpha value is -2.69. The quantitative estimate of drug-likeness (QED) is 0.797. The molecule has 2 atom stereocenters. The van der Waals surface area contributed by atoms with E-state index in [9.17, 15) is 9.59 Å². The summed E-state index contributed by atoms with van der Waals surface area (Å²) in [7, 11) is 0. The van der Waals surface area contributed by atoms with Crippen molar-refractivity contribution in [3.05, 3.63) is 47.3 Å². The second-order valence-corrected chi connectivity index (χ2v) is 8.55. The molecule has 2 aromatic rings. The van der Waals surface area contributed by atoms with Crippen LogP contribution in [0.1, 0.15) is 52.0 Å². The number of H-pyrrole nitrogens is 1. The van der Waals surface area contributed by atoms with Crippen LogP contribution in [0.15, 0.2) is 46.7 Å². The number of para-hydroxylation sites is 1. The highest BCUT2D eigenvalue weighted by Crippen LogP contribution is 2.48. The Labute approximate surface area is 164 Å². The smallest absolute Gasteiger partial charge is 0.336 e. The fourth-order valence-corrected chi connectivity index (χ4v) is 4.75. The second-order valence-electron chi connectivity index (χ2n) is 8.55. The van der Waals surface area contributed by atoms with Crippen LogP contribution >= 0.6 is 0 Å². The lowest BCUT2D eigenvalue weighted by atomic mass is 9.63. The number of Topliss-reactive ketones (excluding diaryl/α,β-unsaturated/α-hetero) is 1. The number of carbonyl (C=O) groups is 2. The number of fused-ring (bicyclic) bond motifs is 2. The van der Waals surface area contributed by atoms with Crippen LogP contribution in [0.4, 0.5) is 0 Å². The number of hydrogen-bond donors (Lipinski definition) is 1. The maximum Gasteiger partial charge on any atom is 0.336 e. The van der Waals surface area contributed by atoms with Gasteiger partial charge in [-0.2, -0.15) is 0 Å². The topological polar surface area (TPSA) is 71.5 Å². The van der Waals surface area contributed by atoms with Gasteiger partial charge >= 0.3 is 5.97 Å². The second kappa shape index (κ2) is 6.73. The third-order valence-corrected chi connectivity index (χ3v) is 5.82. The lowest BCUT2D eigenvalue weighted by molar-refractivity contribution is -0.139. The van der Waals surface area contributed by atoms with Crippen LogP contribution < -0.4 is 0 Å². The minimum atomic E-state index is -0.407. The molecule has 2 heterocycles. The number of ketones is 1. The maximum absolute atomic E-state index is 13.3. The first-order valence-electron chi connectivity index (χ1n) is 9.86. The predicted octanol–water partition coefficient (Wildman–Crippen LogP) is 4.55. The summed E-state index contributed by atoms with van der Waals surface area (Å²) in [5, 5.41) is 1.03. The number of carbonyl (C=O) groups excluding carboxylic acids is 2. The summed E-state index contributed by atoms with van der Waals surface area (Å²) in [4.78, 5) is 34.2. The van der Waals surface area contributed by atoms with Crippen molar-refractivity contribution in [3.8, 4) is 0 Å². The molecule has 1 saturated carbocycles. The van der Waals surface area contributed by atoms with Crippen LogP contribution in [0.5, 0.6) is 0 Å². The van der Waals surface area contributed by atoms with Crippen molar-refractivity contribution in [2.75, 3.05) is 6.61 Å². The Morgan fingerprint density at radius 3 is 2.75 bits per heavy atom. The number of hydrogen-bond acceptors (Lipinski definition) is 4. The summed E-state index contributed by atoms with van der Waals surface area (Å²) >= 11 is 0. The zero-order valence-corrected chi connectivity index (χ0v) is 16.8. The van der Waals surface area contributed by atoms with Gasteiger partial charge < -0.3 is 9.72 Å². The van der Waals surface area contributed by atoms with E-state index in [1.165, 1.54) is 0 Å². The molecule has 1 fully saturated rings. The predicted molar refractivity (Wildman–Crippen MR) is 109 cm³/mol. The van der Waals surface area contributed by atoms with Crippen molar-refractivity contribution in [1.29, 1.82) is 0 Å². The van der Waals surface area contributed by atoms with Gasteiger partial charge in [-0.3, -0.25) is 9.79 Å². The molecule has 0 amide bonds. The Bertz CT molecular complexity index is 1030. The number of rotatable bonds is 3. The van der Waals surface area contributed by atoms with Crippen molar-refractivity contribution < 1.29 is 14.3 Å². The van der Waals surface area contributed by atoms with Crippen molar-refractivity contribution in [3.63, 3.8) is 0 Å². The fraction of sp³-hybridized carbons (Fsp3) is 0.435. The maximum atomic E-state index is 13.3. The van der Waals surface area contributed by atoms with E-state index in [1.54, 1.807) is 6.92 Å². The largest absolute Gasteiger partial charge is 0.463 e. The molecule has 1 aromatic carbocycles. The number of aromatic nitrogens is 1. The van der Waals surface area contributed by atoms with Crippen LogP contribution in [-0.4, -0.2) is 29.1 Å². The Morgan fingerprint density at radius 2 is 2.00 bits per heavy atom. The number of allylic oxidation sites excluding steroid dienone is 1. The molecule has 1 N–H and O–H groups in total. The van der Waals surface area contributed by atoms with E-state index in [0.717, 1.165) is 28.6 Å². The molecular weight excluding hydrogens is 352 g/mol. The van der Waals surface area contributed by atoms with Gasteiger partial charge in [0.25, 0.3) is 0 Å². The highest BCUT2D eigenvalue weighted by atomic mass is 16.5. The zero-order chi connectivity index (χ0) is 20.1. The van der Waals surface area contributed by atoms with Gasteiger partial charge in [0.2, 0.25) is 0 Å². The summed E-state index contributed by atoms with van der Waals surface area (Å²) in [5.74, 6) is -1.00. The summed E-state index contributed by atoms with van der Waals surface area (Å²) < 4.78 is 5.36. The number of aromatic amines is 1. The molecule has 0 spiro atoms. The van der Waals surface area contributed by atoms with Crippen LogP contribution in [0.25, 0.3) is 10.9 Å². The molecule has 1 aromatic heterocycles. The Kier molecular flexibility index (Phi) is 4.48. The molecule has 5 nitrogen and oxygen atoms in total. The van der Waals surface area contributed by atoms with Crippen molar-refractivity contribution in [2.45, 2.75) is 46.5 Å². The molecule has 1 aliphatic heterocycles. The first-order chi connectivity index (χ1) is 13.3. The molecule has 0 bridgehead atoms. The van der Waals surface area contributed by atoms with Crippen molar-refractivity contribution in [1.82, 2.24) is 4.98 Å². The molecule has 5 heteroatoms. The molecular formula is C23H26N2O3. The van der Waals surface area contributed by atoms with Gasteiger partial charge in [0, 0.05) is 40.8 Å². The van der Waals surface area contributed by atoms with E-state index >= 15 is 0 Å². The van der Waals surface area contributed by atoms with Crippen LogP contribution in [-0.2, 0) is 14.3 Å². The average molecular weight is 378 g/mol. The summed E-state index contributed by atoms with van der Waals surface area (Å²) in [6, 6.07) is 7.98. The number of benzene rings is 1. The van der Waals surface area contributed by atoms with Gasteiger partial charge in [-0.25, -0.2) is 4.79 Å². The van der Waals surface area contributed by atoms with Crippen molar-refractivity contribution in [2.24, 2.45) is 16.3 Å². The third kappa shape index (κ3) is 2.99. The first-order valence-corrected chi connectivity index (χ1v) is 9.86. The van der Waals surface area contributed by atoms with Crippen molar-refractivity contribution >= 4 is 28.4 Å². The number of ether oxygens (including phenoxy) is 1. The minimum absolute atomic E-state index is 0.112. The number of aliphatic imine (C=N–C) groups is 1. The van der Waals surface area contributed by atoms with E-state index < -0.39 is 5.92 Å². The molecule has 146 valence electrons. The van der Waals surface area contributed by atoms with E-state index in [2.05, 4.69) is 18.8 Å². The van der Waals surface area contributed by atoms with Gasteiger partial charge in [-0.1, -0.05) is 32.0 Å². The summed E-state index contributed by atoms with van der Waals surface area (Å²) in [6.45, 7) is 8.14. The van der Waals surface area contributed by atoms with Gasteiger partial charge in [0.05, 0.1) is 18.1 Å². The summed E-state index contributed by atoms with van der Waals surface area (Å²) in [5.41, 5.74) is 3.90. The fourth-order valence-electron chi connectivity index (χ4n) is 4.75. The highest BCUT2D eigenvalue weighted by Gasteiger charge is 2.48. The lowest BCUT2D eigenvalue weighted by Gasteiger charge is -2.40. The molecule has 2 aliphatic rings. The van der Waals surface area contributed by atoms with Gasteiger partial charge in [0.1, 0.15) is 5.78 Å². The van der Waals surface area contributed by atoms with Crippen LogP contribution in [0.3, 0.4) is 0 Å². The normalized spacial score (nSPS) is 24.1. The number of nitrogens with one attached hydrogen (secondary N) is 1. The van der Waals surface area contributed by atoms with Crippen LogP contribution in [0.2, 0.25) is 0 Å². The summed E-state index contributed by atoms with van der Waals surface area (Å²) in [6.07, 6.45) is 3.18. The molecule has 1 aliphatic carbocycles. The van der Waals surface area contributed by atoms with Gasteiger partial charge in [-0.15, -0.1) is 0 Å². The van der Waals surface area contributed by atoms with E-state index in [1.807, 2.05) is 37.4 Å². The van der Waals surface area contributed by atoms with E-state index in [0.29, 0.717) is 24.3 Å². The van der Waals surface area contributed by atoms with Crippen LogP contribution in [0, 0.1) is 11.3 Å². The molecule has 0 radical (unpaired) electrons. The minimum Gasteiger partial charge on any atom is -0.463 e. The molecule has 4 rings (SSSR count). The molecule has 0 unspecified atom stereocenters. The van der Waals surface area contributed by atoms with Gasteiger partial charge in [-0.05, 0) is 37.3 Å². The molecule has 0 saturated heterocycles. The van der Waals surface area contributed by atoms with E-state index in [-0.39, 0.29) is 23.1 Å². The Morgan fingerprint density at radius 1 is 1.25 bits per heavy atom. The monoisotopic (exact) mass is 378 g/mol. The van der Waals surface area contributed by atoms with E-state index in [4.69, 9.17) is 9.73 Å². The first kappa shape index (κ1) is 18.7. The van der Waals surface area contributed by atoms with Gasteiger partial charge in [0.15, 0.2) is 0 Å². The third-order valence-electron chi connectivity index (χ3n) is 5.82.